The van der Waals surface area contributed by atoms with E-state index in [0.717, 1.165) is 19.9 Å². The summed E-state index contributed by atoms with van der Waals surface area (Å²) < 4.78 is 39.2. The van der Waals surface area contributed by atoms with Gasteiger partial charge in [-0.3, -0.25) is 14.9 Å². The summed E-state index contributed by atoms with van der Waals surface area (Å²) in [7, 11) is -4.46. The van der Waals surface area contributed by atoms with Gasteiger partial charge in [0, 0.05) is 6.07 Å². The third-order valence-electron chi connectivity index (χ3n) is 2.34. The number of nitro groups is 1. The summed E-state index contributed by atoms with van der Waals surface area (Å²) in [5.74, 6) is -2.80. The molecule has 1 aromatic carbocycles. The number of carboxylic acid groups (broad SMARTS) is 1. The number of halogens is 1. The van der Waals surface area contributed by atoms with Crippen LogP contribution in [0.5, 0.6) is 0 Å². The van der Waals surface area contributed by atoms with E-state index in [2.05, 4.69) is 0 Å². The Kier molecular flexibility index (Phi) is 4.10. The molecule has 110 valence electrons. The minimum atomic E-state index is -4.46. The number of nitro benzene ring substituents is 1. The van der Waals surface area contributed by atoms with Gasteiger partial charge in [0.2, 0.25) is 10.0 Å². The van der Waals surface area contributed by atoms with Crippen LogP contribution in [0.1, 0.15) is 13.8 Å². The van der Waals surface area contributed by atoms with Crippen LogP contribution < -0.4 is 4.72 Å². The maximum Gasteiger partial charge on any atom is 0.324 e. The van der Waals surface area contributed by atoms with E-state index in [1.54, 1.807) is 4.72 Å². The molecule has 0 spiro atoms. The predicted octanol–water partition coefficient (Wildman–Crippen LogP) is 0.875. The van der Waals surface area contributed by atoms with Gasteiger partial charge < -0.3 is 5.11 Å². The summed E-state index contributed by atoms with van der Waals surface area (Å²) in [5, 5.41) is 19.3. The van der Waals surface area contributed by atoms with Gasteiger partial charge in [0.25, 0.3) is 5.69 Å². The standard InChI is InChI=1S/C10H11FN2O6S/c1-10(2,9(14)15)12-20(18,19)8-4-3-6(13(16)17)5-7(8)11/h3-5,12H,1-2H3,(H,14,15). The first kappa shape index (κ1) is 16.0. The summed E-state index contributed by atoms with van der Waals surface area (Å²) in [6.07, 6.45) is 0. The smallest absolute Gasteiger partial charge is 0.324 e. The summed E-state index contributed by atoms with van der Waals surface area (Å²) >= 11 is 0. The molecule has 0 aromatic heterocycles. The zero-order valence-corrected chi connectivity index (χ0v) is 11.3. The van der Waals surface area contributed by atoms with Crippen LogP contribution in [-0.2, 0) is 14.8 Å². The van der Waals surface area contributed by atoms with Crippen molar-refractivity contribution >= 4 is 21.7 Å². The fourth-order valence-corrected chi connectivity index (χ4v) is 2.69. The molecule has 0 bridgehead atoms. The molecule has 0 unspecified atom stereocenters. The number of hydrogen-bond donors (Lipinski definition) is 2. The zero-order valence-electron chi connectivity index (χ0n) is 10.5. The van der Waals surface area contributed by atoms with Crippen molar-refractivity contribution in [3.05, 3.63) is 34.1 Å². The monoisotopic (exact) mass is 306 g/mol. The van der Waals surface area contributed by atoms with Gasteiger partial charge in [0.1, 0.15) is 16.3 Å². The predicted molar refractivity (Wildman–Crippen MR) is 65.1 cm³/mol. The zero-order chi connectivity index (χ0) is 15.7. The van der Waals surface area contributed by atoms with Crippen molar-refractivity contribution in [2.45, 2.75) is 24.3 Å². The van der Waals surface area contributed by atoms with Crippen molar-refractivity contribution in [3.63, 3.8) is 0 Å². The van der Waals surface area contributed by atoms with E-state index >= 15 is 0 Å². The molecule has 10 heteroatoms. The lowest BCUT2D eigenvalue weighted by molar-refractivity contribution is -0.385. The highest BCUT2D eigenvalue weighted by atomic mass is 32.2. The van der Waals surface area contributed by atoms with Gasteiger partial charge in [-0.15, -0.1) is 0 Å². The molecule has 0 aliphatic rings. The number of sulfonamides is 1. The van der Waals surface area contributed by atoms with E-state index in [1.807, 2.05) is 0 Å². The van der Waals surface area contributed by atoms with E-state index in [1.165, 1.54) is 0 Å². The fraction of sp³-hybridized carbons (Fsp3) is 0.300. The lowest BCUT2D eigenvalue weighted by atomic mass is 10.1. The number of carboxylic acids is 1. The number of hydrogen-bond acceptors (Lipinski definition) is 5. The van der Waals surface area contributed by atoms with Crippen molar-refractivity contribution in [2.24, 2.45) is 0 Å². The molecule has 0 amide bonds. The van der Waals surface area contributed by atoms with E-state index < -0.39 is 42.9 Å². The minimum absolute atomic E-state index is 0.447. The molecular formula is C10H11FN2O6S. The molecular weight excluding hydrogens is 295 g/mol. The number of carbonyl (C=O) groups is 1. The van der Waals surface area contributed by atoms with Crippen molar-refractivity contribution in [2.75, 3.05) is 0 Å². The Bertz CT molecular complexity index is 670. The summed E-state index contributed by atoms with van der Waals surface area (Å²) in [5.41, 5.74) is -2.47. The SMILES string of the molecule is CC(C)(NS(=O)(=O)c1ccc([N+](=O)[O-])cc1F)C(=O)O. The molecule has 0 aliphatic heterocycles. The molecule has 0 atom stereocenters. The Balaban J connectivity index is 3.24. The Morgan fingerprint density at radius 2 is 2.00 bits per heavy atom. The number of non-ortho nitro benzene ring substituents is 1. The average Bonchev–Trinajstić information content (AvgIpc) is 2.26. The Morgan fingerprint density at radius 3 is 2.40 bits per heavy atom. The molecule has 1 rings (SSSR count). The van der Waals surface area contributed by atoms with Crippen molar-refractivity contribution < 1.29 is 27.6 Å². The van der Waals surface area contributed by atoms with Gasteiger partial charge in [-0.05, 0) is 19.9 Å². The highest BCUT2D eigenvalue weighted by molar-refractivity contribution is 7.89. The maximum atomic E-state index is 13.6. The van der Waals surface area contributed by atoms with Gasteiger partial charge in [-0.2, -0.15) is 4.72 Å². The lowest BCUT2D eigenvalue weighted by Gasteiger charge is -2.20. The van der Waals surface area contributed by atoms with Crippen LogP contribution in [0.25, 0.3) is 0 Å². The summed E-state index contributed by atoms with van der Waals surface area (Å²) in [6, 6.07) is 1.96. The second-order valence-corrected chi connectivity index (χ2v) is 6.06. The number of nitrogens with zero attached hydrogens (tertiary/aromatic N) is 1. The van der Waals surface area contributed by atoms with Crippen LogP contribution in [0.4, 0.5) is 10.1 Å². The van der Waals surface area contributed by atoms with Crippen LogP contribution >= 0.6 is 0 Å². The van der Waals surface area contributed by atoms with Gasteiger partial charge in [0.15, 0.2) is 0 Å². The normalized spacial score (nSPS) is 12.2. The van der Waals surface area contributed by atoms with Gasteiger partial charge in [0.05, 0.1) is 11.0 Å². The second-order valence-electron chi connectivity index (χ2n) is 4.41. The Labute approximate surface area is 113 Å². The third-order valence-corrected chi connectivity index (χ3v) is 4.03. The number of rotatable bonds is 5. The Hall–Kier alpha value is -2.07. The first-order valence-electron chi connectivity index (χ1n) is 5.19. The number of benzene rings is 1. The van der Waals surface area contributed by atoms with Crippen molar-refractivity contribution in [3.8, 4) is 0 Å². The third kappa shape index (κ3) is 3.27. The van der Waals surface area contributed by atoms with Crippen LogP contribution in [0.2, 0.25) is 0 Å². The molecule has 20 heavy (non-hydrogen) atoms. The molecule has 2 N–H and O–H groups in total. The van der Waals surface area contributed by atoms with Crippen molar-refractivity contribution in [1.82, 2.24) is 4.72 Å². The van der Waals surface area contributed by atoms with Crippen LogP contribution in [0, 0.1) is 15.9 Å². The van der Waals surface area contributed by atoms with Gasteiger partial charge in [-0.25, -0.2) is 12.8 Å². The fourth-order valence-electron chi connectivity index (χ4n) is 1.26. The average molecular weight is 306 g/mol. The van der Waals surface area contributed by atoms with Gasteiger partial charge in [-0.1, -0.05) is 0 Å². The van der Waals surface area contributed by atoms with Crippen LogP contribution in [0.15, 0.2) is 23.1 Å². The van der Waals surface area contributed by atoms with Crippen molar-refractivity contribution in [1.29, 1.82) is 0 Å². The first-order chi connectivity index (χ1) is 8.97. The highest BCUT2D eigenvalue weighted by Gasteiger charge is 2.34. The van der Waals surface area contributed by atoms with E-state index in [-0.39, 0.29) is 0 Å². The molecule has 8 nitrogen and oxygen atoms in total. The van der Waals surface area contributed by atoms with Gasteiger partial charge >= 0.3 is 5.97 Å². The Morgan fingerprint density at radius 1 is 1.45 bits per heavy atom. The highest BCUT2D eigenvalue weighted by Crippen LogP contribution is 2.21. The van der Waals surface area contributed by atoms with Crippen LogP contribution in [-0.4, -0.2) is 30.0 Å². The minimum Gasteiger partial charge on any atom is -0.480 e. The topological polar surface area (TPSA) is 127 Å². The van der Waals surface area contributed by atoms with Crippen LogP contribution in [0.3, 0.4) is 0 Å². The first-order valence-corrected chi connectivity index (χ1v) is 6.67. The molecule has 0 aliphatic carbocycles. The summed E-state index contributed by atoms with van der Waals surface area (Å²) in [4.78, 5) is 19.5. The largest absolute Gasteiger partial charge is 0.480 e. The second kappa shape index (κ2) is 5.13. The lowest BCUT2D eigenvalue weighted by Crippen LogP contribution is -2.49. The maximum absolute atomic E-state index is 13.6. The molecule has 0 saturated carbocycles. The van der Waals surface area contributed by atoms with E-state index in [9.17, 15) is 27.7 Å². The summed E-state index contributed by atoms with van der Waals surface area (Å²) in [6.45, 7) is 2.16. The quantitative estimate of drug-likeness (QED) is 0.614. The number of aliphatic carboxylic acids is 1. The molecule has 1 aromatic rings. The molecule has 0 heterocycles. The number of nitrogens with one attached hydrogen (secondary N) is 1. The van der Waals surface area contributed by atoms with E-state index in [4.69, 9.17) is 5.11 Å². The molecule has 0 fully saturated rings. The molecule has 0 saturated heterocycles. The molecule has 0 radical (unpaired) electrons. The van der Waals surface area contributed by atoms with E-state index in [0.29, 0.717) is 12.1 Å².